The van der Waals surface area contributed by atoms with E-state index in [1.807, 2.05) is 0 Å². The van der Waals surface area contributed by atoms with E-state index < -0.39 is 6.10 Å². The van der Waals surface area contributed by atoms with Crippen molar-refractivity contribution in [3.05, 3.63) is 35.4 Å². The summed E-state index contributed by atoms with van der Waals surface area (Å²) in [6, 6.07) is 8.52. The lowest BCUT2D eigenvalue weighted by Crippen LogP contribution is -3.00. The molecule has 0 bridgehead atoms. The number of hydrogen-bond donors (Lipinski definition) is 4. The van der Waals surface area contributed by atoms with Crippen LogP contribution < -0.4 is 12.4 Å². The average Bonchev–Trinajstić information content (AvgIpc) is 2.69. The summed E-state index contributed by atoms with van der Waals surface area (Å²) in [6.07, 6.45) is 10.3. The number of aliphatic hydroxyl groups is 4. The normalized spacial score (nSPS) is 12.6. The number of benzene rings is 1. The Balaban J connectivity index is 0.00000841. The van der Waals surface area contributed by atoms with Crippen molar-refractivity contribution < 1.29 is 37.3 Å². The number of rotatable bonds is 18. The third kappa shape index (κ3) is 12.2. The van der Waals surface area contributed by atoms with Gasteiger partial charge in [0.05, 0.1) is 19.8 Å². The fourth-order valence-electron chi connectivity index (χ4n) is 4.16. The quantitative estimate of drug-likeness (QED) is 0.184. The van der Waals surface area contributed by atoms with E-state index in [0.29, 0.717) is 37.1 Å². The average molecular weight is 446 g/mol. The standard InChI is InChI=1S/C24H44NO4.ClH/c1-2-3-4-5-6-7-8-9-22-10-12-23(13-11-22)20-24(29)21-25(14-17-26,15-18-27)16-19-28;/h10-13,24,26-29H,2-9,14-21H2,1H3;1H/q+1;/p-1. The molecular formula is C24H44ClNO4. The first-order valence-corrected chi connectivity index (χ1v) is 11.5. The van der Waals surface area contributed by atoms with Crippen molar-refractivity contribution in [3.63, 3.8) is 0 Å². The highest BCUT2D eigenvalue weighted by Crippen LogP contribution is 2.15. The second-order valence-corrected chi connectivity index (χ2v) is 8.41. The molecule has 30 heavy (non-hydrogen) atoms. The summed E-state index contributed by atoms with van der Waals surface area (Å²) in [4.78, 5) is 0. The van der Waals surface area contributed by atoms with Crippen LogP contribution in [0.4, 0.5) is 0 Å². The summed E-state index contributed by atoms with van der Waals surface area (Å²) in [5, 5.41) is 38.7. The smallest absolute Gasteiger partial charge is 0.107 e. The lowest BCUT2D eigenvalue weighted by Gasteiger charge is -2.38. The molecule has 0 radical (unpaired) electrons. The molecule has 176 valence electrons. The minimum Gasteiger partial charge on any atom is -1.00 e. The number of hydrogen-bond acceptors (Lipinski definition) is 4. The molecular weight excluding hydrogens is 402 g/mol. The number of aryl methyl sites for hydroxylation is 1. The molecule has 0 saturated carbocycles. The Labute approximate surface area is 189 Å². The van der Waals surface area contributed by atoms with Crippen molar-refractivity contribution >= 4 is 0 Å². The lowest BCUT2D eigenvalue weighted by molar-refractivity contribution is -0.931. The molecule has 0 aliphatic heterocycles. The zero-order valence-corrected chi connectivity index (χ0v) is 19.6. The van der Waals surface area contributed by atoms with Crippen LogP contribution in [0.5, 0.6) is 0 Å². The molecule has 0 saturated heterocycles. The first-order valence-electron chi connectivity index (χ1n) is 11.5. The molecule has 1 aromatic carbocycles. The molecule has 1 unspecified atom stereocenters. The minimum absolute atomic E-state index is 0. The number of halogens is 1. The van der Waals surface area contributed by atoms with E-state index in [0.717, 1.165) is 12.0 Å². The summed E-state index contributed by atoms with van der Waals surface area (Å²) >= 11 is 0. The molecule has 0 spiro atoms. The topological polar surface area (TPSA) is 80.9 Å². The Morgan fingerprint density at radius 1 is 0.733 bits per heavy atom. The molecule has 0 aliphatic rings. The van der Waals surface area contributed by atoms with Gasteiger partial charge in [-0.05, 0) is 24.0 Å². The van der Waals surface area contributed by atoms with Gasteiger partial charge in [-0.2, -0.15) is 0 Å². The first-order chi connectivity index (χ1) is 14.1. The Morgan fingerprint density at radius 3 is 1.70 bits per heavy atom. The van der Waals surface area contributed by atoms with Crippen LogP contribution in [0.15, 0.2) is 24.3 Å². The predicted molar refractivity (Wildman–Crippen MR) is 119 cm³/mol. The van der Waals surface area contributed by atoms with Crippen LogP contribution in [-0.4, -0.2) is 77.0 Å². The number of quaternary nitrogens is 1. The van der Waals surface area contributed by atoms with Crippen LogP contribution in [0.2, 0.25) is 0 Å². The fourth-order valence-corrected chi connectivity index (χ4v) is 4.16. The van der Waals surface area contributed by atoms with Crippen molar-refractivity contribution in [1.82, 2.24) is 0 Å². The Kier molecular flexibility index (Phi) is 17.5. The number of aliphatic hydroxyl groups excluding tert-OH is 4. The van der Waals surface area contributed by atoms with Crippen LogP contribution in [0, 0.1) is 0 Å². The first kappa shape index (κ1) is 29.3. The molecule has 0 heterocycles. The second kappa shape index (κ2) is 17.9. The van der Waals surface area contributed by atoms with Crippen LogP contribution in [0.3, 0.4) is 0 Å². The van der Waals surface area contributed by atoms with Crippen LogP contribution in [-0.2, 0) is 12.8 Å². The monoisotopic (exact) mass is 445 g/mol. The fraction of sp³-hybridized carbons (Fsp3) is 0.750. The van der Waals surface area contributed by atoms with Gasteiger partial charge in [-0.25, -0.2) is 0 Å². The van der Waals surface area contributed by atoms with E-state index in [2.05, 4.69) is 31.2 Å². The van der Waals surface area contributed by atoms with Crippen LogP contribution in [0.25, 0.3) is 0 Å². The van der Waals surface area contributed by atoms with Crippen LogP contribution in [0.1, 0.15) is 63.0 Å². The maximum absolute atomic E-state index is 10.6. The molecule has 0 aromatic heterocycles. The zero-order chi connectivity index (χ0) is 21.4. The van der Waals surface area contributed by atoms with Crippen LogP contribution >= 0.6 is 0 Å². The van der Waals surface area contributed by atoms with Gasteiger partial charge in [0.2, 0.25) is 0 Å². The van der Waals surface area contributed by atoms with Crippen molar-refractivity contribution in [1.29, 1.82) is 0 Å². The Hall–Kier alpha value is -0.690. The van der Waals surface area contributed by atoms with Crippen molar-refractivity contribution in [2.45, 2.75) is 70.8 Å². The maximum Gasteiger partial charge on any atom is 0.107 e. The third-order valence-corrected chi connectivity index (χ3v) is 5.88. The molecule has 1 rings (SSSR count). The molecule has 0 fully saturated rings. The van der Waals surface area contributed by atoms with E-state index in [-0.39, 0.29) is 32.2 Å². The number of nitrogens with zero attached hydrogens (tertiary/aromatic N) is 1. The Morgan fingerprint density at radius 2 is 1.20 bits per heavy atom. The zero-order valence-electron chi connectivity index (χ0n) is 18.8. The van der Waals surface area contributed by atoms with Gasteiger partial charge in [-0.3, -0.25) is 0 Å². The maximum atomic E-state index is 10.6. The summed E-state index contributed by atoms with van der Waals surface area (Å²) in [6.45, 7) is 3.86. The van der Waals surface area contributed by atoms with Gasteiger partial charge in [0.25, 0.3) is 0 Å². The molecule has 0 aliphatic carbocycles. The van der Waals surface area contributed by atoms with Crippen molar-refractivity contribution in [2.24, 2.45) is 0 Å². The van der Waals surface area contributed by atoms with Gasteiger partial charge in [-0.15, -0.1) is 0 Å². The van der Waals surface area contributed by atoms with Gasteiger partial charge in [0, 0.05) is 6.42 Å². The van der Waals surface area contributed by atoms with Gasteiger partial charge in [-0.1, -0.05) is 69.7 Å². The molecule has 6 heteroatoms. The van der Waals surface area contributed by atoms with E-state index >= 15 is 0 Å². The lowest BCUT2D eigenvalue weighted by atomic mass is 10.0. The Bertz CT molecular complexity index is 495. The van der Waals surface area contributed by atoms with Gasteiger partial charge in [0.1, 0.15) is 32.3 Å². The molecule has 5 nitrogen and oxygen atoms in total. The van der Waals surface area contributed by atoms with Gasteiger partial charge in [0.15, 0.2) is 0 Å². The van der Waals surface area contributed by atoms with Gasteiger partial charge >= 0.3 is 0 Å². The summed E-state index contributed by atoms with van der Waals surface area (Å²) in [5.41, 5.74) is 2.44. The SMILES string of the molecule is CCCCCCCCCc1ccc(CC(O)C[N+](CCO)(CCO)CCO)cc1.[Cl-]. The predicted octanol–water partition coefficient (Wildman–Crippen LogP) is -0.319. The summed E-state index contributed by atoms with van der Waals surface area (Å²) in [7, 11) is 0. The van der Waals surface area contributed by atoms with Crippen molar-refractivity contribution in [3.8, 4) is 0 Å². The number of unbranched alkanes of at least 4 members (excludes halogenated alkanes) is 6. The molecule has 4 N–H and O–H groups in total. The van der Waals surface area contributed by atoms with E-state index in [9.17, 15) is 20.4 Å². The van der Waals surface area contributed by atoms with E-state index in [1.54, 1.807) is 0 Å². The molecule has 0 amide bonds. The third-order valence-electron chi connectivity index (χ3n) is 5.88. The van der Waals surface area contributed by atoms with Gasteiger partial charge < -0.3 is 37.3 Å². The molecule has 1 aromatic rings. The summed E-state index contributed by atoms with van der Waals surface area (Å²) in [5.74, 6) is 0. The highest BCUT2D eigenvalue weighted by atomic mass is 35.5. The van der Waals surface area contributed by atoms with E-state index in [1.165, 1.54) is 50.5 Å². The highest BCUT2D eigenvalue weighted by Gasteiger charge is 2.29. The minimum atomic E-state index is -0.575. The molecule has 1 atom stereocenters. The second-order valence-electron chi connectivity index (χ2n) is 8.41. The largest absolute Gasteiger partial charge is 1.00 e. The summed E-state index contributed by atoms with van der Waals surface area (Å²) < 4.78 is 0.334. The van der Waals surface area contributed by atoms with Crippen molar-refractivity contribution in [2.75, 3.05) is 46.0 Å². The van der Waals surface area contributed by atoms with E-state index in [4.69, 9.17) is 0 Å². The highest BCUT2D eigenvalue weighted by molar-refractivity contribution is 5.23.